The summed E-state index contributed by atoms with van der Waals surface area (Å²) in [5.74, 6) is 1.71. The van der Waals surface area contributed by atoms with Gasteiger partial charge < -0.3 is 25.4 Å². The molecule has 10 nitrogen and oxygen atoms in total. The molecule has 1 aliphatic heterocycles. The summed E-state index contributed by atoms with van der Waals surface area (Å²) in [6.45, 7) is 6.33. The number of aryl methyl sites for hydroxylation is 2. The van der Waals surface area contributed by atoms with Gasteiger partial charge in [-0.2, -0.15) is 0 Å². The number of fused-ring (bicyclic) bond motifs is 1. The Morgan fingerprint density at radius 3 is 2.74 bits per heavy atom. The van der Waals surface area contributed by atoms with Gasteiger partial charge in [-0.25, -0.2) is 9.97 Å². The van der Waals surface area contributed by atoms with E-state index in [4.69, 9.17) is 15.2 Å². The number of anilines is 3. The number of hydrogen-bond donors (Lipinski definition) is 2. The number of nitrogens with one attached hydrogen (secondary N) is 1. The minimum absolute atomic E-state index is 0.143. The molecule has 34 heavy (non-hydrogen) atoms. The van der Waals surface area contributed by atoms with E-state index in [2.05, 4.69) is 15.3 Å². The number of nitrogens with zero attached hydrogens (tertiary/aromatic N) is 4. The first-order valence-electron chi connectivity index (χ1n) is 11.1. The number of nitrogen functional groups attached to an aromatic ring is 1. The lowest BCUT2D eigenvalue weighted by Gasteiger charge is -2.24. The number of carbonyl (C=O) groups excluding carboxylic acids is 1. The molecule has 0 unspecified atom stereocenters. The molecule has 1 aromatic carbocycles. The molecule has 4 rings (SSSR count). The first-order valence-corrected chi connectivity index (χ1v) is 11.1. The van der Waals surface area contributed by atoms with Gasteiger partial charge in [0.05, 0.1) is 12.1 Å². The molecule has 10 heteroatoms. The van der Waals surface area contributed by atoms with Crippen molar-refractivity contribution in [1.29, 1.82) is 0 Å². The van der Waals surface area contributed by atoms with Gasteiger partial charge in [-0.3, -0.25) is 14.2 Å². The third-order valence-electron chi connectivity index (χ3n) is 5.66. The van der Waals surface area contributed by atoms with Crippen molar-refractivity contribution in [2.45, 2.75) is 33.6 Å². The van der Waals surface area contributed by atoms with E-state index in [1.807, 2.05) is 30.0 Å². The molecule has 1 aliphatic rings. The van der Waals surface area contributed by atoms with E-state index in [1.54, 1.807) is 33.2 Å². The van der Waals surface area contributed by atoms with Gasteiger partial charge in [0.1, 0.15) is 0 Å². The molecule has 3 heterocycles. The van der Waals surface area contributed by atoms with E-state index < -0.39 is 0 Å². The van der Waals surface area contributed by atoms with Crippen LogP contribution in [0.2, 0.25) is 0 Å². The largest absolute Gasteiger partial charge is 0.454 e. The van der Waals surface area contributed by atoms with Gasteiger partial charge in [0.15, 0.2) is 23.1 Å². The van der Waals surface area contributed by atoms with Crippen molar-refractivity contribution >= 4 is 23.1 Å². The van der Waals surface area contributed by atoms with Crippen molar-refractivity contribution in [1.82, 2.24) is 19.9 Å². The molecule has 0 saturated carbocycles. The fourth-order valence-corrected chi connectivity index (χ4v) is 3.88. The van der Waals surface area contributed by atoms with Crippen LogP contribution in [0.3, 0.4) is 0 Å². The molecule has 3 N–H and O–H groups in total. The Hall–Kier alpha value is -4.08. The summed E-state index contributed by atoms with van der Waals surface area (Å²) in [7, 11) is 1.58. The summed E-state index contributed by atoms with van der Waals surface area (Å²) in [5, 5.41) is 2.59. The summed E-state index contributed by atoms with van der Waals surface area (Å²) >= 11 is 0. The van der Waals surface area contributed by atoms with Crippen LogP contribution in [0.4, 0.5) is 17.2 Å². The second-order valence-electron chi connectivity index (χ2n) is 8.05. The average molecular weight is 465 g/mol. The third kappa shape index (κ3) is 4.26. The van der Waals surface area contributed by atoms with Gasteiger partial charge in [-0.1, -0.05) is 6.92 Å². The minimum atomic E-state index is -0.344. The highest BCUT2D eigenvalue weighted by Gasteiger charge is 2.22. The topological polar surface area (TPSA) is 125 Å². The maximum atomic E-state index is 13.7. The number of likely N-dealkylation sites (N-methyl/N-ethyl adjacent to an activating group) is 1. The van der Waals surface area contributed by atoms with Crippen molar-refractivity contribution in [3.05, 3.63) is 57.8 Å². The van der Waals surface area contributed by atoms with Crippen LogP contribution in [0.5, 0.6) is 11.5 Å². The standard InChI is InChI=1S/C24H28N6O4/c1-5-8-29(17-6-7-19-20(11-17)34-13-33-19)23-24(32)30(14(2)12-27-23)22-18(25)9-16(15(3)28-22)10-21(31)26-4/h6-7,9,11-12H,5,8,10,13,25H2,1-4H3,(H,26,31). The zero-order chi connectivity index (χ0) is 24.4. The summed E-state index contributed by atoms with van der Waals surface area (Å²) in [6.07, 6.45) is 2.57. The number of benzene rings is 1. The van der Waals surface area contributed by atoms with E-state index in [-0.39, 0.29) is 30.5 Å². The molecule has 0 bridgehead atoms. The highest BCUT2D eigenvalue weighted by atomic mass is 16.7. The Kier molecular flexibility index (Phi) is 6.40. The Morgan fingerprint density at radius 2 is 2.00 bits per heavy atom. The molecule has 0 radical (unpaired) electrons. The van der Waals surface area contributed by atoms with Gasteiger partial charge >= 0.3 is 0 Å². The van der Waals surface area contributed by atoms with Crippen LogP contribution < -0.4 is 31.0 Å². The van der Waals surface area contributed by atoms with Crippen molar-refractivity contribution < 1.29 is 14.3 Å². The zero-order valence-corrected chi connectivity index (χ0v) is 19.7. The molecule has 0 atom stereocenters. The number of pyridine rings is 1. The van der Waals surface area contributed by atoms with Crippen molar-refractivity contribution in [2.24, 2.45) is 0 Å². The highest BCUT2D eigenvalue weighted by Crippen LogP contribution is 2.37. The van der Waals surface area contributed by atoms with Gasteiger partial charge in [-0.15, -0.1) is 0 Å². The fourth-order valence-electron chi connectivity index (χ4n) is 3.88. The average Bonchev–Trinajstić information content (AvgIpc) is 3.29. The van der Waals surface area contributed by atoms with Crippen LogP contribution in [0, 0.1) is 13.8 Å². The van der Waals surface area contributed by atoms with E-state index >= 15 is 0 Å². The second kappa shape index (κ2) is 9.42. The molecule has 0 fully saturated rings. The zero-order valence-electron chi connectivity index (χ0n) is 19.7. The van der Waals surface area contributed by atoms with Crippen LogP contribution >= 0.6 is 0 Å². The number of carbonyl (C=O) groups is 1. The Morgan fingerprint density at radius 1 is 1.24 bits per heavy atom. The maximum absolute atomic E-state index is 13.7. The molecular weight excluding hydrogens is 436 g/mol. The number of hydrogen-bond acceptors (Lipinski definition) is 8. The molecule has 0 aliphatic carbocycles. The Labute approximate surface area is 197 Å². The van der Waals surface area contributed by atoms with Gasteiger partial charge in [0, 0.05) is 42.9 Å². The van der Waals surface area contributed by atoms with Crippen molar-refractivity contribution in [3.8, 4) is 17.3 Å². The molecular formula is C24H28N6O4. The lowest BCUT2D eigenvalue weighted by atomic mass is 10.1. The number of nitrogens with two attached hydrogens (primary N) is 1. The molecule has 178 valence electrons. The summed E-state index contributed by atoms with van der Waals surface area (Å²) in [4.78, 5) is 36.5. The number of aromatic nitrogens is 3. The van der Waals surface area contributed by atoms with Gasteiger partial charge in [-0.05, 0) is 44.0 Å². The molecule has 0 saturated heterocycles. The first kappa shape index (κ1) is 23.1. The fraction of sp³-hybridized carbons (Fsp3) is 0.333. The quantitative estimate of drug-likeness (QED) is 0.546. The lowest BCUT2D eigenvalue weighted by Crippen LogP contribution is -2.32. The molecule has 2 aromatic heterocycles. The second-order valence-corrected chi connectivity index (χ2v) is 8.05. The summed E-state index contributed by atoms with van der Waals surface area (Å²) in [6, 6.07) is 7.23. The Balaban J connectivity index is 1.81. The van der Waals surface area contributed by atoms with E-state index in [1.165, 1.54) is 4.57 Å². The van der Waals surface area contributed by atoms with Gasteiger partial charge in [0.2, 0.25) is 12.7 Å². The summed E-state index contributed by atoms with van der Waals surface area (Å²) in [5.41, 5.74) is 8.96. The predicted molar refractivity (Wildman–Crippen MR) is 129 cm³/mol. The minimum Gasteiger partial charge on any atom is -0.454 e. The third-order valence-corrected chi connectivity index (χ3v) is 5.66. The summed E-state index contributed by atoms with van der Waals surface area (Å²) < 4.78 is 12.4. The normalized spacial score (nSPS) is 12.0. The van der Waals surface area contributed by atoms with Crippen molar-refractivity contribution in [3.63, 3.8) is 0 Å². The van der Waals surface area contributed by atoms with E-state index in [0.29, 0.717) is 46.5 Å². The molecule has 0 spiro atoms. The maximum Gasteiger partial charge on any atom is 0.299 e. The Bertz CT molecular complexity index is 1300. The van der Waals surface area contributed by atoms with Gasteiger partial charge in [0.25, 0.3) is 5.56 Å². The van der Waals surface area contributed by atoms with Crippen LogP contribution in [-0.2, 0) is 11.2 Å². The molecule has 3 aromatic rings. The van der Waals surface area contributed by atoms with Crippen LogP contribution in [0.15, 0.2) is 35.3 Å². The predicted octanol–water partition coefficient (Wildman–Crippen LogP) is 2.39. The van der Waals surface area contributed by atoms with Crippen molar-refractivity contribution in [2.75, 3.05) is 31.0 Å². The first-order chi connectivity index (χ1) is 16.3. The van der Waals surface area contributed by atoms with E-state index in [0.717, 1.165) is 12.1 Å². The van der Waals surface area contributed by atoms with E-state index in [9.17, 15) is 9.59 Å². The van der Waals surface area contributed by atoms with Crippen LogP contribution in [-0.4, -0.2) is 40.8 Å². The van der Waals surface area contributed by atoms with Crippen LogP contribution in [0.1, 0.15) is 30.3 Å². The number of rotatable bonds is 7. The monoisotopic (exact) mass is 464 g/mol. The number of amides is 1. The lowest BCUT2D eigenvalue weighted by molar-refractivity contribution is -0.119. The SMILES string of the molecule is CCCN(c1ccc2c(c1)OCO2)c1ncc(C)n(-c2nc(C)c(CC(=O)NC)cc2N)c1=O. The number of ether oxygens (including phenoxy) is 2. The highest BCUT2D eigenvalue weighted by molar-refractivity contribution is 5.79. The molecule has 1 amide bonds. The van der Waals surface area contributed by atoms with Crippen LogP contribution in [0.25, 0.3) is 5.82 Å². The smallest absolute Gasteiger partial charge is 0.299 e.